The predicted octanol–water partition coefficient (Wildman–Crippen LogP) is 2.58. The van der Waals surface area contributed by atoms with Gasteiger partial charge in [-0.05, 0) is 31.9 Å². The van der Waals surface area contributed by atoms with Crippen LogP contribution >= 0.6 is 0 Å². The fourth-order valence-electron chi connectivity index (χ4n) is 3.11. The number of carbonyl (C=O) groups is 1. The van der Waals surface area contributed by atoms with Crippen molar-refractivity contribution in [3.8, 4) is 0 Å². The molecule has 2 aromatic rings. The molecule has 1 aromatic heterocycles. The van der Waals surface area contributed by atoms with Gasteiger partial charge in [0.15, 0.2) is 0 Å². The molecule has 0 spiro atoms. The first-order valence-electron chi connectivity index (χ1n) is 8.30. The Kier molecular flexibility index (Phi) is 4.74. The Bertz CT molecular complexity index is 713. The van der Waals surface area contributed by atoms with Crippen LogP contribution in [0, 0.1) is 6.92 Å². The van der Waals surface area contributed by atoms with Crippen molar-refractivity contribution in [3.05, 3.63) is 47.3 Å². The van der Waals surface area contributed by atoms with Gasteiger partial charge in [0, 0.05) is 37.9 Å². The normalized spacial score (nSPS) is 14.4. The third kappa shape index (κ3) is 3.53. The minimum absolute atomic E-state index is 0.102. The number of anilines is 1. The molecule has 1 atom stereocenters. The summed E-state index contributed by atoms with van der Waals surface area (Å²) in [4.78, 5) is 16.2. The summed E-state index contributed by atoms with van der Waals surface area (Å²) in [5.74, 6) is 0.750. The number of hydrogen-bond acceptors (Lipinski definition) is 4. The van der Waals surface area contributed by atoms with E-state index in [1.807, 2.05) is 13.0 Å². The zero-order valence-corrected chi connectivity index (χ0v) is 14.5. The number of hydrogen-bond donors (Lipinski definition) is 1. The maximum absolute atomic E-state index is 12.3. The summed E-state index contributed by atoms with van der Waals surface area (Å²) in [5.41, 5.74) is 3.42. The van der Waals surface area contributed by atoms with Crippen LogP contribution < -0.4 is 10.2 Å². The second kappa shape index (κ2) is 6.95. The van der Waals surface area contributed by atoms with Gasteiger partial charge in [-0.3, -0.25) is 0 Å². The van der Waals surface area contributed by atoms with Crippen LogP contribution in [0.25, 0.3) is 0 Å². The van der Waals surface area contributed by atoms with Crippen molar-refractivity contribution in [3.63, 3.8) is 0 Å². The van der Waals surface area contributed by atoms with E-state index in [-0.39, 0.29) is 12.1 Å². The van der Waals surface area contributed by atoms with E-state index in [0.717, 1.165) is 24.4 Å². The molecule has 3 rings (SSSR count). The minimum Gasteiger partial charge on any atom is -0.366 e. The highest BCUT2D eigenvalue weighted by Crippen LogP contribution is 2.28. The lowest BCUT2D eigenvalue weighted by Gasteiger charge is -2.28. The highest BCUT2D eigenvalue weighted by atomic mass is 16.5. The quantitative estimate of drug-likeness (QED) is 0.916. The second-order valence-corrected chi connectivity index (χ2v) is 6.39. The number of nitrogens with zero attached hydrogens (tertiary/aromatic N) is 3. The van der Waals surface area contributed by atoms with Crippen molar-refractivity contribution >= 4 is 11.7 Å². The van der Waals surface area contributed by atoms with Crippen LogP contribution in [0.4, 0.5) is 10.5 Å². The molecule has 0 fully saturated rings. The highest BCUT2D eigenvalue weighted by molar-refractivity contribution is 5.74. The molecule has 6 nitrogen and oxygen atoms in total. The number of para-hydroxylation sites is 1. The molecule has 1 aliphatic rings. The van der Waals surface area contributed by atoms with Crippen molar-refractivity contribution in [2.75, 3.05) is 25.0 Å². The van der Waals surface area contributed by atoms with Gasteiger partial charge in [-0.25, -0.2) is 4.79 Å². The summed E-state index contributed by atoms with van der Waals surface area (Å²) in [7, 11) is 1.76. The van der Waals surface area contributed by atoms with Crippen LogP contribution in [0.2, 0.25) is 0 Å². The number of aromatic nitrogens is 1. The Morgan fingerprint density at radius 2 is 2.25 bits per heavy atom. The molecule has 0 aliphatic carbocycles. The summed E-state index contributed by atoms with van der Waals surface area (Å²) in [6.07, 6.45) is 1.07. The number of urea groups is 1. The largest absolute Gasteiger partial charge is 0.366 e. The summed E-state index contributed by atoms with van der Waals surface area (Å²) in [6, 6.07) is 10.5. The molecule has 0 unspecified atom stereocenters. The van der Waals surface area contributed by atoms with Crippen molar-refractivity contribution in [1.82, 2.24) is 15.4 Å². The Morgan fingerprint density at radius 3 is 3.00 bits per heavy atom. The SMILES string of the molecule is Cc1cc(CN(C)C(=O)NC[C@H](C)N2CCc3ccccc32)no1. The van der Waals surface area contributed by atoms with E-state index in [1.54, 1.807) is 11.9 Å². The van der Waals surface area contributed by atoms with Crippen molar-refractivity contribution in [2.24, 2.45) is 0 Å². The average molecular weight is 328 g/mol. The summed E-state index contributed by atoms with van der Waals surface area (Å²) in [6.45, 7) is 6.03. The molecule has 0 saturated carbocycles. The molecule has 0 radical (unpaired) electrons. The molecule has 1 aliphatic heterocycles. The fourth-order valence-corrected chi connectivity index (χ4v) is 3.11. The first-order valence-corrected chi connectivity index (χ1v) is 8.30. The lowest BCUT2D eigenvalue weighted by Crippen LogP contribution is -2.45. The molecule has 1 aromatic carbocycles. The van der Waals surface area contributed by atoms with Crippen LogP contribution in [0.15, 0.2) is 34.9 Å². The summed E-state index contributed by atoms with van der Waals surface area (Å²) < 4.78 is 5.03. The molecular weight excluding hydrogens is 304 g/mol. The topological polar surface area (TPSA) is 61.6 Å². The number of fused-ring (bicyclic) bond motifs is 1. The fraction of sp³-hybridized carbons (Fsp3) is 0.444. The molecule has 2 amide bonds. The number of benzene rings is 1. The second-order valence-electron chi connectivity index (χ2n) is 6.39. The van der Waals surface area contributed by atoms with Gasteiger partial charge >= 0.3 is 6.03 Å². The monoisotopic (exact) mass is 328 g/mol. The zero-order chi connectivity index (χ0) is 17.1. The Morgan fingerprint density at radius 1 is 1.46 bits per heavy atom. The maximum atomic E-state index is 12.3. The van der Waals surface area contributed by atoms with Crippen LogP contribution in [-0.2, 0) is 13.0 Å². The molecule has 128 valence electrons. The van der Waals surface area contributed by atoms with Crippen molar-refractivity contribution in [2.45, 2.75) is 32.9 Å². The first kappa shape index (κ1) is 16.4. The first-order chi connectivity index (χ1) is 11.5. The Hall–Kier alpha value is -2.50. The van der Waals surface area contributed by atoms with E-state index < -0.39 is 0 Å². The van der Waals surface area contributed by atoms with E-state index in [0.29, 0.717) is 13.1 Å². The lowest BCUT2D eigenvalue weighted by atomic mass is 10.2. The van der Waals surface area contributed by atoms with Crippen LogP contribution in [-0.4, -0.2) is 42.3 Å². The van der Waals surface area contributed by atoms with Gasteiger partial charge in [-0.15, -0.1) is 0 Å². The third-order valence-corrected chi connectivity index (χ3v) is 4.43. The molecule has 1 N–H and O–H groups in total. The number of carbonyl (C=O) groups excluding carboxylic acids is 1. The van der Waals surface area contributed by atoms with Gasteiger partial charge < -0.3 is 19.6 Å². The van der Waals surface area contributed by atoms with Gasteiger partial charge in [-0.1, -0.05) is 23.4 Å². The maximum Gasteiger partial charge on any atom is 0.317 e. The van der Waals surface area contributed by atoms with Crippen LogP contribution in [0.3, 0.4) is 0 Å². The number of nitrogens with one attached hydrogen (secondary N) is 1. The zero-order valence-electron chi connectivity index (χ0n) is 14.5. The molecule has 0 bridgehead atoms. The standard InChI is InChI=1S/C18H24N4O2/c1-13(22-9-8-15-6-4-5-7-17(15)22)11-19-18(23)21(3)12-16-10-14(2)24-20-16/h4-7,10,13H,8-9,11-12H2,1-3H3,(H,19,23)/t13-/m0/s1. The van der Waals surface area contributed by atoms with Gasteiger partial charge in [0.25, 0.3) is 0 Å². The molecular formula is C18H24N4O2. The summed E-state index contributed by atoms with van der Waals surface area (Å²) in [5, 5.41) is 6.92. The highest BCUT2D eigenvalue weighted by Gasteiger charge is 2.23. The van der Waals surface area contributed by atoms with E-state index in [2.05, 4.69) is 46.6 Å². The smallest absolute Gasteiger partial charge is 0.317 e. The Labute approximate surface area is 142 Å². The van der Waals surface area contributed by atoms with Crippen molar-refractivity contribution in [1.29, 1.82) is 0 Å². The summed E-state index contributed by atoms with van der Waals surface area (Å²) >= 11 is 0. The van der Waals surface area contributed by atoms with E-state index >= 15 is 0 Å². The molecule has 0 saturated heterocycles. The van der Waals surface area contributed by atoms with Gasteiger partial charge in [0.1, 0.15) is 11.5 Å². The van der Waals surface area contributed by atoms with Crippen molar-refractivity contribution < 1.29 is 9.32 Å². The molecule has 6 heteroatoms. The van der Waals surface area contributed by atoms with Crippen LogP contribution in [0.1, 0.15) is 23.9 Å². The number of amides is 2. The van der Waals surface area contributed by atoms with Crippen LogP contribution in [0.5, 0.6) is 0 Å². The van der Waals surface area contributed by atoms with Gasteiger partial charge in [-0.2, -0.15) is 0 Å². The number of rotatable bonds is 5. The van der Waals surface area contributed by atoms with E-state index in [4.69, 9.17) is 4.52 Å². The minimum atomic E-state index is -0.102. The average Bonchev–Trinajstić information content (AvgIpc) is 3.18. The van der Waals surface area contributed by atoms with E-state index in [9.17, 15) is 4.79 Å². The predicted molar refractivity (Wildman–Crippen MR) is 93.1 cm³/mol. The third-order valence-electron chi connectivity index (χ3n) is 4.43. The number of aryl methyl sites for hydroxylation is 1. The van der Waals surface area contributed by atoms with Gasteiger partial charge in [0.05, 0.1) is 6.54 Å². The van der Waals surface area contributed by atoms with E-state index in [1.165, 1.54) is 11.3 Å². The Balaban J connectivity index is 1.51. The lowest BCUT2D eigenvalue weighted by molar-refractivity contribution is 0.205. The van der Waals surface area contributed by atoms with Gasteiger partial charge in [0.2, 0.25) is 0 Å². The molecule has 2 heterocycles. The molecule has 24 heavy (non-hydrogen) atoms.